The SMILES string of the molecule is Cc1cc(C)c2cc([C@@H](c3nnnn3C3CCCCC3)N3CCN(c4ccccc4F)CC3)c(=O)[nH]c2c1. The number of hydrogen-bond donors (Lipinski definition) is 1. The molecule has 0 radical (unpaired) electrons. The minimum atomic E-state index is -0.399. The molecule has 1 N–H and O–H groups in total. The van der Waals surface area contributed by atoms with E-state index >= 15 is 0 Å². The minimum absolute atomic E-state index is 0.123. The first-order valence-corrected chi connectivity index (χ1v) is 13.6. The van der Waals surface area contributed by atoms with Gasteiger partial charge in [-0.2, -0.15) is 0 Å². The van der Waals surface area contributed by atoms with Crippen molar-refractivity contribution in [2.45, 2.75) is 58.0 Å². The molecule has 6 rings (SSSR count). The summed E-state index contributed by atoms with van der Waals surface area (Å²) in [5.41, 5.74) is 4.21. The van der Waals surface area contributed by atoms with Crippen molar-refractivity contribution in [1.82, 2.24) is 30.1 Å². The van der Waals surface area contributed by atoms with Crippen molar-refractivity contribution in [1.29, 1.82) is 0 Å². The maximum atomic E-state index is 14.5. The number of H-pyrrole nitrogens is 1. The van der Waals surface area contributed by atoms with E-state index in [9.17, 15) is 9.18 Å². The number of pyridine rings is 1. The maximum absolute atomic E-state index is 14.5. The Hall–Kier alpha value is -3.59. The van der Waals surface area contributed by atoms with Crippen LogP contribution in [0.3, 0.4) is 0 Å². The summed E-state index contributed by atoms with van der Waals surface area (Å²) in [6.45, 7) is 6.71. The summed E-state index contributed by atoms with van der Waals surface area (Å²) >= 11 is 0. The molecular formula is C29H34FN7O. The Kier molecular flexibility index (Phi) is 6.69. The number of aryl methyl sites for hydroxylation is 2. The lowest BCUT2D eigenvalue weighted by Crippen LogP contribution is -2.49. The molecule has 0 unspecified atom stereocenters. The Bertz CT molecular complexity index is 1500. The van der Waals surface area contributed by atoms with Crippen LogP contribution in [0, 0.1) is 19.7 Å². The highest BCUT2D eigenvalue weighted by Crippen LogP contribution is 2.34. The Balaban J connectivity index is 1.41. The van der Waals surface area contributed by atoms with E-state index in [1.54, 1.807) is 6.07 Å². The van der Waals surface area contributed by atoms with E-state index < -0.39 is 6.04 Å². The molecule has 0 spiro atoms. The highest BCUT2D eigenvalue weighted by atomic mass is 19.1. The zero-order chi connectivity index (χ0) is 26.2. The average molecular weight is 516 g/mol. The molecule has 1 saturated carbocycles. The first-order valence-electron chi connectivity index (χ1n) is 13.6. The van der Waals surface area contributed by atoms with Gasteiger partial charge in [0.2, 0.25) is 0 Å². The topological polar surface area (TPSA) is 82.9 Å². The molecule has 2 aromatic heterocycles. The van der Waals surface area contributed by atoms with Gasteiger partial charge in [-0.25, -0.2) is 9.07 Å². The van der Waals surface area contributed by atoms with Crippen molar-refractivity contribution in [3.05, 3.63) is 81.2 Å². The van der Waals surface area contributed by atoms with Crippen LogP contribution in [0.25, 0.3) is 10.9 Å². The van der Waals surface area contributed by atoms with Gasteiger partial charge in [0.05, 0.1) is 11.7 Å². The molecule has 4 aromatic rings. The third-order valence-electron chi connectivity index (χ3n) is 8.19. The molecule has 1 atom stereocenters. The van der Waals surface area contributed by atoms with E-state index in [-0.39, 0.29) is 17.4 Å². The van der Waals surface area contributed by atoms with Gasteiger partial charge >= 0.3 is 0 Å². The van der Waals surface area contributed by atoms with Crippen LogP contribution in [0.15, 0.2) is 47.3 Å². The molecule has 1 saturated heterocycles. The standard InChI is InChI=1S/C29H34FN7O/c1-19-16-20(2)22-18-23(29(38)31-25(22)17-19)27(28-32-33-34-37(28)21-8-4-3-5-9-21)36-14-12-35(13-15-36)26-11-7-6-10-24(26)30/h6-7,10-11,16-18,21,27H,3-5,8-9,12-15H2,1-2H3,(H,31,38)/t27-/m0/s1. The zero-order valence-electron chi connectivity index (χ0n) is 22.0. The number of rotatable bonds is 5. The second-order valence-corrected chi connectivity index (χ2v) is 10.7. The van der Waals surface area contributed by atoms with E-state index in [1.165, 1.54) is 12.5 Å². The van der Waals surface area contributed by atoms with Crippen molar-refractivity contribution >= 4 is 16.6 Å². The van der Waals surface area contributed by atoms with Crippen LogP contribution in [0.2, 0.25) is 0 Å². The molecule has 2 fully saturated rings. The van der Waals surface area contributed by atoms with E-state index in [0.717, 1.165) is 47.7 Å². The number of anilines is 1. The number of para-hydroxylation sites is 1. The fourth-order valence-corrected chi connectivity index (χ4v) is 6.29. The number of halogens is 1. The molecule has 9 heteroatoms. The molecular weight excluding hydrogens is 481 g/mol. The van der Waals surface area contributed by atoms with E-state index in [2.05, 4.69) is 43.3 Å². The first-order chi connectivity index (χ1) is 18.5. The summed E-state index contributed by atoms with van der Waals surface area (Å²) in [5.74, 6) is 0.501. The average Bonchev–Trinajstić information content (AvgIpc) is 3.40. The van der Waals surface area contributed by atoms with Crippen LogP contribution in [0.1, 0.15) is 66.7 Å². The van der Waals surface area contributed by atoms with Crippen LogP contribution in [0.4, 0.5) is 10.1 Å². The highest BCUT2D eigenvalue weighted by Gasteiger charge is 2.35. The van der Waals surface area contributed by atoms with Gasteiger partial charge in [-0.15, -0.1) is 5.10 Å². The second-order valence-electron chi connectivity index (χ2n) is 10.7. The number of hydrogen-bond acceptors (Lipinski definition) is 6. The molecule has 0 amide bonds. The van der Waals surface area contributed by atoms with Crippen LogP contribution < -0.4 is 10.5 Å². The number of piperazine rings is 1. The van der Waals surface area contributed by atoms with Crippen LogP contribution in [-0.4, -0.2) is 56.3 Å². The number of aromatic nitrogens is 5. The van der Waals surface area contributed by atoms with Crippen molar-refractivity contribution in [2.24, 2.45) is 0 Å². The molecule has 3 heterocycles. The summed E-state index contributed by atoms with van der Waals surface area (Å²) in [6, 6.07) is 12.9. The highest BCUT2D eigenvalue weighted by molar-refractivity contribution is 5.83. The predicted molar refractivity (Wildman–Crippen MR) is 146 cm³/mol. The molecule has 1 aliphatic carbocycles. The summed E-state index contributed by atoms with van der Waals surface area (Å²) in [5, 5.41) is 14.1. The predicted octanol–water partition coefficient (Wildman–Crippen LogP) is 4.69. The van der Waals surface area contributed by atoms with Crippen molar-refractivity contribution in [3.8, 4) is 0 Å². The summed E-state index contributed by atoms with van der Waals surface area (Å²) in [6.07, 6.45) is 5.63. The fraction of sp³-hybridized carbons (Fsp3) is 0.448. The van der Waals surface area contributed by atoms with Crippen molar-refractivity contribution in [2.75, 3.05) is 31.1 Å². The molecule has 2 aliphatic rings. The van der Waals surface area contributed by atoms with Crippen molar-refractivity contribution < 1.29 is 4.39 Å². The zero-order valence-corrected chi connectivity index (χ0v) is 22.0. The van der Waals surface area contributed by atoms with Crippen LogP contribution in [-0.2, 0) is 0 Å². The molecule has 0 bridgehead atoms. The molecule has 8 nitrogen and oxygen atoms in total. The first kappa shape index (κ1) is 24.7. The van der Waals surface area contributed by atoms with Gasteiger partial charge in [-0.05, 0) is 72.5 Å². The molecule has 1 aliphatic heterocycles. The number of fused-ring (bicyclic) bond motifs is 1. The van der Waals surface area contributed by atoms with E-state index in [1.807, 2.05) is 35.9 Å². The summed E-state index contributed by atoms with van der Waals surface area (Å²) < 4.78 is 16.5. The van der Waals surface area contributed by atoms with Gasteiger partial charge in [0.15, 0.2) is 5.82 Å². The van der Waals surface area contributed by atoms with Gasteiger partial charge < -0.3 is 9.88 Å². The van der Waals surface area contributed by atoms with Crippen LogP contribution >= 0.6 is 0 Å². The number of nitrogens with one attached hydrogen (secondary N) is 1. The second kappa shape index (κ2) is 10.3. The number of aromatic amines is 1. The van der Waals surface area contributed by atoms with Gasteiger partial charge in [-0.3, -0.25) is 9.69 Å². The van der Waals surface area contributed by atoms with Crippen LogP contribution in [0.5, 0.6) is 0 Å². The molecule has 198 valence electrons. The fourth-order valence-electron chi connectivity index (χ4n) is 6.29. The van der Waals surface area contributed by atoms with Gasteiger partial charge in [0.25, 0.3) is 5.56 Å². The Morgan fingerprint density at radius 3 is 2.53 bits per heavy atom. The number of benzene rings is 2. The largest absolute Gasteiger partial charge is 0.367 e. The minimum Gasteiger partial charge on any atom is -0.367 e. The quantitative estimate of drug-likeness (QED) is 0.415. The Morgan fingerprint density at radius 1 is 1.00 bits per heavy atom. The third-order valence-corrected chi connectivity index (χ3v) is 8.19. The molecule has 2 aromatic carbocycles. The normalized spacial score (nSPS) is 18.2. The Morgan fingerprint density at radius 2 is 1.76 bits per heavy atom. The maximum Gasteiger partial charge on any atom is 0.253 e. The lowest BCUT2D eigenvalue weighted by atomic mass is 9.94. The number of nitrogens with zero attached hydrogens (tertiary/aromatic N) is 6. The third kappa shape index (κ3) is 4.60. The van der Waals surface area contributed by atoms with Gasteiger partial charge in [0.1, 0.15) is 11.9 Å². The van der Waals surface area contributed by atoms with E-state index in [4.69, 9.17) is 0 Å². The summed E-state index contributed by atoms with van der Waals surface area (Å²) in [7, 11) is 0. The van der Waals surface area contributed by atoms with E-state index in [0.29, 0.717) is 43.3 Å². The lowest BCUT2D eigenvalue weighted by Gasteiger charge is -2.40. The van der Waals surface area contributed by atoms with Crippen molar-refractivity contribution in [3.63, 3.8) is 0 Å². The lowest BCUT2D eigenvalue weighted by molar-refractivity contribution is 0.192. The Labute approximate surface area is 221 Å². The monoisotopic (exact) mass is 515 g/mol. The van der Waals surface area contributed by atoms with Gasteiger partial charge in [-0.1, -0.05) is 37.5 Å². The van der Waals surface area contributed by atoms with Gasteiger partial charge in [0, 0.05) is 42.6 Å². The summed E-state index contributed by atoms with van der Waals surface area (Å²) in [4.78, 5) is 21.1. The smallest absolute Gasteiger partial charge is 0.253 e. The molecule has 38 heavy (non-hydrogen) atoms. The number of tetrazole rings is 1.